The SMILES string of the molecule is COc1cc2c(cc1F)C(=O)N(c1cnnc3cc(OC)c(C(C)O)cc13)CC2. The van der Waals surface area contributed by atoms with Crippen molar-refractivity contribution >= 4 is 22.5 Å². The zero-order chi connectivity index (χ0) is 20.7. The lowest BCUT2D eigenvalue weighted by molar-refractivity contribution is 0.0980. The van der Waals surface area contributed by atoms with Gasteiger partial charge >= 0.3 is 0 Å². The molecule has 29 heavy (non-hydrogen) atoms. The van der Waals surface area contributed by atoms with Crippen LogP contribution in [0.5, 0.6) is 11.5 Å². The molecule has 2 heterocycles. The molecular weight excluding hydrogens is 377 g/mol. The van der Waals surface area contributed by atoms with E-state index >= 15 is 0 Å². The minimum Gasteiger partial charge on any atom is -0.496 e. The fraction of sp³-hybridized carbons (Fsp3) is 0.286. The highest BCUT2D eigenvalue weighted by molar-refractivity contribution is 6.12. The van der Waals surface area contributed by atoms with E-state index in [1.165, 1.54) is 26.5 Å². The summed E-state index contributed by atoms with van der Waals surface area (Å²) in [4.78, 5) is 14.7. The van der Waals surface area contributed by atoms with Gasteiger partial charge in [-0.2, -0.15) is 10.2 Å². The van der Waals surface area contributed by atoms with Crippen molar-refractivity contribution < 1.29 is 23.8 Å². The maximum atomic E-state index is 14.2. The second-order valence-electron chi connectivity index (χ2n) is 6.87. The molecule has 1 atom stereocenters. The number of carbonyl (C=O) groups excluding carboxylic acids is 1. The number of aliphatic hydroxyl groups is 1. The monoisotopic (exact) mass is 397 g/mol. The average molecular weight is 397 g/mol. The van der Waals surface area contributed by atoms with Gasteiger partial charge in [-0.15, -0.1) is 0 Å². The molecule has 1 aromatic heterocycles. The third-order valence-corrected chi connectivity index (χ3v) is 5.17. The number of hydrogen-bond acceptors (Lipinski definition) is 6. The number of benzene rings is 2. The van der Waals surface area contributed by atoms with E-state index in [9.17, 15) is 14.3 Å². The molecule has 8 heteroatoms. The van der Waals surface area contributed by atoms with E-state index in [-0.39, 0.29) is 11.7 Å². The molecule has 0 radical (unpaired) electrons. The highest BCUT2D eigenvalue weighted by Gasteiger charge is 2.29. The van der Waals surface area contributed by atoms with Gasteiger partial charge in [0.15, 0.2) is 11.6 Å². The summed E-state index contributed by atoms with van der Waals surface area (Å²) in [6.07, 6.45) is 1.28. The summed E-state index contributed by atoms with van der Waals surface area (Å²) in [6, 6.07) is 6.21. The Bertz CT molecular complexity index is 1120. The van der Waals surface area contributed by atoms with E-state index in [1.807, 2.05) is 0 Å². The molecule has 0 saturated heterocycles. The summed E-state index contributed by atoms with van der Waals surface area (Å²) in [5.41, 5.74) is 2.69. The normalized spacial score (nSPS) is 14.7. The summed E-state index contributed by atoms with van der Waals surface area (Å²) >= 11 is 0. The Kier molecular flexibility index (Phi) is 4.79. The summed E-state index contributed by atoms with van der Waals surface area (Å²) < 4.78 is 24.6. The number of aromatic nitrogens is 2. The molecule has 1 unspecified atom stereocenters. The molecular formula is C21H20FN3O4. The molecule has 3 aromatic rings. The van der Waals surface area contributed by atoms with Crippen molar-refractivity contribution in [2.45, 2.75) is 19.4 Å². The Morgan fingerprint density at radius 2 is 1.93 bits per heavy atom. The number of nitrogens with zero attached hydrogens (tertiary/aromatic N) is 3. The quantitative estimate of drug-likeness (QED) is 0.728. The van der Waals surface area contributed by atoms with Crippen LogP contribution in [-0.2, 0) is 6.42 Å². The average Bonchev–Trinajstić information content (AvgIpc) is 2.72. The first kappa shape index (κ1) is 19.1. The second kappa shape index (κ2) is 7.29. The predicted octanol–water partition coefficient (Wildman–Crippen LogP) is 3.04. The molecule has 0 aliphatic carbocycles. The molecule has 0 bridgehead atoms. The summed E-state index contributed by atoms with van der Waals surface area (Å²) in [5.74, 6) is -0.296. The maximum Gasteiger partial charge on any atom is 0.258 e. The summed E-state index contributed by atoms with van der Waals surface area (Å²) in [5, 5.41) is 18.9. The van der Waals surface area contributed by atoms with Gasteiger partial charge in [0.25, 0.3) is 5.91 Å². The van der Waals surface area contributed by atoms with Gasteiger partial charge in [0, 0.05) is 29.1 Å². The number of carbonyl (C=O) groups is 1. The smallest absolute Gasteiger partial charge is 0.258 e. The van der Waals surface area contributed by atoms with Crippen LogP contribution in [0.3, 0.4) is 0 Å². The molecule has 1 aliphatic heterocycles. The first-order valence-corrected chi connectivity index (χ1v) is 9.14. The van der Waals surface area contributed by atoms with E-state index in [0.717, 1.165) is 5.56 Å². The number of methoxy groups -OCH3 is 2. The summed E-state index contributed by atoms with van der Waals surface area (Å²) in [6.45, 7) is 2.04. The number of fused-ring (bicyclic) bond motifs is 2. The van der Waals surface area contributed by atoms with Crippen LogP contribution in [0.25, 0.3) is 10.9 Å². The van der Waals surface area contributed by atoms with Crippen LogP contribution in [0.4, 0.5) is 10.1 Å². The number of hydrogen-bond donors (Lipinski definition) is 1. The fourth-order valence-electron chi connectivity index (χ4n) is 3.67. The number of ether oxygens (including phenoxy) is 2. The fourth-order valence-corrected chi connectivity index (χ4v) is 3.67. The van der Waals surface area contributed by atoms with Crippen LogP contribution < -0.4 is 14.4 Å². The van der Waals surface area contributed by atoms with Crippen molar-refractivity contribution in [3.8, 4) is 11.5 Å². The molecule has 1 amide bonds. The second-order valence-corrected chi connectivity index (χ2v) is 6.87. The number of halogens is 1. The van der Waals surface area contributed by atoms with Crippen molar-refractivity contribution in [2.24, 2.45) is 0 Å². The van der Waals surface area contributed by atoms with Crippen LogP contribution in [0.1, 0.15) is 34.5 Å². The highest BCUT2D eigenvalue weighted by Crippen LogP contribution is 2.36. The van der Waals surface area contributed by atoms with Gasteiger partial charge in [0.1, 0.15) is 5.75 Å². The highest BCUT2D eigenvalue weighted by atomic mass is 19.1. The van der Waals surface area contributed by atoms with Crippen molar-refractivity contribution in [3.05, 3.63) is 53.0 Å². The lowest BCUT2D eigenvalue weighted by atomic mass is 9.97. The Balaban J connectivity index is 1.84. The third kappa shape index (κ3) is 3.15. The lowest BCUT2D eigenvalue weighted by Crippen LogP contribution is -2.38. The van der Waals surface area contributed by atoms with Gasteiger partial charge in [-0.05, 0) is 37.1 Å². The standard InChI is InChI=1S/C21H20FN3O4/c1-11(26)13-7-15-17(9-19(13)28-2)24-23-10-18(15)25-5-4-12-6-20(29-3)16(22)8-14(12)21(25)27/h6-11,26H,4-5H2,1-3H3. The third-order valence-electron chi connectivity index (χ3n) is 5.17. The van der Waals surface area contributed by atoms with Crippen molar-refractivity contribution in [1.29, 1.82) is 0 Å². The first-order valence-electron chi connectivity index (χ1n) is 9.14. The number of anilines is 1. The van der Waals surface area contributed by atoms with Crippen molar-refractivity contribution in [2.75, 3.05) is 25.7 Å². The van der Waals surface area contributed by atoms with Crippen LogP contribution >= 0.6 is 0 Å². The molecule has 7 nitrogen and oxygen atoms in total. The van der Waals surface area contributed by atoms with Crippen molar-refractivity contribution in [3.63, 3.8) is 0 Å². The van der Waals surface area contributed by atoms with Gasteiger partial charge in [0.2, 0.25) is 0 Å². The lowest BCUT2D eigenvalue weighted by Gasteiger charge is -2.29. The van der Waals surface area contributed by atoms with Crippen LogP contribution in [0, 0.1) is 5.82 Å². The van der Waals surface area contributed by atoms with Gasteiger partial charge in [-0.3, -0.25) is 4.79 Å². The van der Waals surface area contributed by atoms with Gasteiger partial charge in [0.05, 0.1) is 37.7 Å². The molecule has 0 saturated carbocycles. The summed E-state index contributed by atoms with van der Waals surface area (Å²) in [7, 11) is 2.91. The Morgan fingerprint density at radius 3 is 2.62 bits per heavy atom. The largest absolute Gasteiger partial charge is 0.496 e. The van der Waals surface area contributed by atoms with Gasteiger partial charge in [-0.1, -0.05) is 0 Å². The van der Waals surface area contributed by atoms with E-state index in [2.05, 4.69) is 10.2 Å². The van der Waals surface area contributed by atoms with Crippen LogP contribution in [0.2, 0.25) is 0 Å². The van der Waals surface area contributed by atoms with Crippen molar-refractivity contribution in [1.82, 2.24) is 10.2 Å². The Morgan fingerprint density at radius 1 is 1.17 bits per heavy atom. The zero-order valence-corrected chi connectivity index (χ0v) is 16.3. The maximum absolute atomic E-state index is 14.2. The molecule has 1 aliphatic rings. The molecule has 1 N–H and O–H groups in total. The Hall–Kier alpha value is -3.26. The molecule has 4 rings (SSSR count). The minimum atomic E-state index is -0.769. The number of aliphatic hydroxyl groups excluding tert-OH is 1. The molecule has 150 valence electrons. The Labute approximate surface area is 166 Å². The van der Waals surface area contributed by atoms with Gasteiger partial charge in [-0.25, -0.2) is 4.39 Å². The number of rotatable bonds is 4. The molecule has 0 fully saturated rings. The van der Waals surface area contributed by atoms with E-state index < -0.39 is 11.9 Å². The van der Waals surface area contributed by atoms with E-state index in [4.69, 9.17) is 9.47 Å². The van der Waals surface area contributed by atoms with Crippen LogP contribution in [-0.4, -0.2) is 42.0 Å². The first-order chi connectivity index (χ1) is 13.9. The zero-order valence-electron chi connectivity index (χ0n) is 16.3. The molecule has 2 aromatic carbocycles. The topological polar surface area (TPSA) is 84.8 Å². The minimum absolute atomic E-state index is 0.120. The van der Waals surface area contributed by atoms with E-state index in [0.29, 0.717) is 46.4 Å². The van der Waals surface area contributed by atoms with Gasteiger partial charge < -0.3 is 19.5 Å². The number of amides is 1. The predicted molar refractivity (Wildman–Crippen MR) is 105 cm³/mol. The van der Waals surface area contributed by atoms with E-state index in [1.54, 1.807) is 30.0 Å². The van der Waals surface area contributed by atoms with Crippen LogP contribution in [0.15, 0.2) is 30.5 Å². The molecule has 0 spiro atoms.